The van der Waals surface area contributed by atoms with Gasteiger partial charge < -0.3 is 10.2 Å². The monoisotopic (exact) mass is 391 g/mol. The van der Waals surface area contributed by atoms with Crippen molar-refractivity contribution in [3.63, 3.8) is 0 Å². The summed E-state index contributed by atoms with van der Waals surface area (Å²) in [5.74, 6) is -3.13. The Kier molecular flexibility index (Phi) is 5.03. The van der Waals surface area contributed by atoms with Gasteiger partial charge in [0.2, 0.25) is 17.7 Å². The topological polar surface area (TPSA) is 78.5 Å². The van der Waals surface area contributed by atoms with Gasteiger partial charge in [0.05, 0.1) is 12.0 Å². The molecule has 0 spiro atoms. The van der Waals surface area contributed by atoms with Gasteiger partial charge in [0, 0.05) is 37.2 Å². The Hall–Kier alpha value is -2.51. The van der Waals surface area contributed by atoms with Crippen LogP contribution in [0.1, 0.15) is 50.0 Å². The number of nitrogens with one attached hydrogen (secondary N) is 2. The van der Waals surface area contributed by atoms with Crippen LogP contribution in [0.5, 0.6) is 0 Å². The fourth-order valence-electron chi connectivity index (χ4n) is 4.08. The molecule has 1 saturated carbocycles. The minimum atomic E-state index is -0.998. The summed E-state index contributed by atoms with van der Waals surface area (Å²) >= 11 is 0. The average molecular weight is 391 g/mol. The van der Waals surface area contributed by atoms with Gasteiger partial charge in [0.15, 0.2) is 0 Å². The van der Waals surface area contributed by atoms with Gasteiger partial charge in [-0.15, -0.1) is 0 Å². The van der Waals surface area contributed by atoms with Gasteiger partial charge in [-0.05, 0) is 37.3 Å². The van der Waals surface area contributed by atoms with Crippen LogP contribution in [0.4, 0.5) is 14.5 Å². The third kappa shape index (κ3) is 3.72. The minimum Gasteiger partial charge on any atom is -0.367 e. The van der Waals surface area contributed by atoms with Crippen molar-refractivity contribution in [1.29, 1.82) is 0 Å². The molecule has 0 bridgehead atoms. The zero-order chi connectivity index (χ0) is 19.8. The van der Waals surface area contributed by atoms with Gasteiger partial charge in [0.1, 0.15) is 11.6 Å². The number of anilines is 1. The van der Waals surface area contributed by atoms with Gasteiger partial charge in [-0.25, -0.2) is 8.78 Å². The SMILES string of the molecule is O=C1CCC(c2c(F)cc(N3CC(NC(=O)CC4CCC4)C3)cc2F)C(=O)N1. The number of imide groups is 1. The number of rotatable bonds is 5. The molecule has 2 heterocycles. The molecule has 150 valence electrons. The Labute approximate surface area is 161 Å². The maximum absolute atomic E-state index is 14.6. The van der Waals surface area contributed by atoms with E-state index in [9.17, 15) is 23.2 Å². The van der Waals surface area contributed by atoms with E-state index in [4.69, 9.17) is 0 Å². The summed E-state index contributed by atoms with van der Waals surface area (Å²) in [6, 6.07) is 2.41. The van der Waals surface area contributed by atoms with Crippen molar-refractivity contribution in [3.05, 3.63) is 29.3 Å². The van der Waals surface area contributed by atoms with Crippen molar-refractivity contribution in [3.8, 4) is 0 Å². The van der Waals surface area contributed by atoms with Crippen LogP contribution in [0.2, 0.25) is 0 Å². The minimum absolute atomic E-state index is 0.0199. The smallest absolute Gasteiger partial charge is 0.234 e. The Morgan fingerprint density at radius 1 is 1.14 bits per heavy atom. The summed E-state index contributed by atoms with van der Waals surface area (Å²) in [6.07, 6.45) is 4.13. The van der Waals surface area contributed by atoms with E-state index >= 15 is 0 Å². The standard InChI is InChI=1S/C20H23F2N3O3/c21-15-7-13(8-16(22)19(15)14-4-5-17(26)24-20(14)28)25-9-12(10-25)23-18(27)6-11-2-1-3-11/h7-8,11-12,14H,1-6,9-10H2,(H,23,27)(H,24,26,28). The molecular weight excluding hydrogens is 368 g/mol. The molecule has 1 aliphatic carbocycles. The van der Waals surface area contributed by atoms with Crippen LogP contribution in [0.3, 0.4) is 0 Å². The molecule has 1 unspecified atom stereocenters. The molecule has 6 nitrogen and oxygen atoms in total. The molecule has 1 aromatic rings. The van der Waals surface area contributed by atoms with Crippen molar-refractivity contribution in [2.75, 3.05) is 18.0 Å². The lowest BCUT2D eigenvalue weighted by atomic mass is 9.83. The Morgan fingerprint density at radius 2 is 1.82 bits per heavy atom. The predicted octanol–water partition coefficient (Wildman–Crippen LogP) is 1.98. The largest absolute Gasteiger partial charge is 0.367 e. The van der Waals surface area contributed by atoms with Crippen LogP contribution >= 0.6 is 0 Å². The Bertz CT molecular complexity index is 796. The van der Waals surface area contributed by atoms with Crippen LogP contribution in [0, 0.1) is 17.6 Å². The number of benzene rings is 1. The summed E-state index contributed by atoms with van der Waals surface area (Å²) in [4.78, 5) is 36.9. The molecular formula is C20H23F2N3O3. The first-order valence-corrected chi connectivity index (χ1v) is 9.77. The fourth-order valence-corrected chi connectivity index (χ4v) is 4.08. The number of nitrogens with zero attached hydrogens (tertiary/aromatic N) is 1. The molecule has 3 aliphatic rings. The molecule has 8 heteroatoms. The van der Waals surface area contributed by atoms with E-state index < -0.39 is 29.4 Å². The molecule has 2 saturated heterocycles. The molecule has 3 amide bonds. The summed E-state index contributed by atoms with van der Waals surface area (Å²) < 4.78 is 29.2. The van der Waals surface area contributed by atoms with Gasteiger partial charge in [0.25, 0.3) is 0 Å². The van der Waals surface area contributed by atoms with E-state index in [2.05, 4.69) is 10.6 Å². The van der Waals surface area contributed by atoms with E-state index in [0.29, 0.717) is 31.1 Å². The average Bonchev–Trinajstić information content (AvgIpc) is 2.55. The molecule has 1 atom stereocenters. The first-order chi connectivity index (χ1) is 13.4. The summed E-state index contributed by atoms with van der Waals surface area (Å²) in [5.41, 5.74) is 0.0927. The van der Waals surface area contributed by atoms with E-state index in [0.717, 1.165) is 12.8 Å². The third-order valence-electron chi connectivity index (χ3n) is 5.96. The van der Waals surface area contributed by atoms with Crippen LogP contribution in [-0.4, -0.2) is 36.9 Å². The van der Waals surface area contributed by atoms with Crippen LogP contribution in [0.25, 0.3) is 0 Å². The number of hydrogen-bond acceptors (Lipinski definition) is 4. The zero-order valence-corrected chi connectivity index (χ0v) is 15.5. The van der Waals surface area contributed by atoms with Gasteiger partial charge in [-0.2, -0.15) is 0 Å². The number of halogens is 2. The maximum Gasteiger partial charge on any atom is 0.234 e. The van der Waals surface area contributed by atoms with Crippen molar-refractivity contribution in [2.24, 2.45) is 5.92 Å². The summed E-state index contributed by atoms with van der Waals surface area (Å²) in [6.45, 7) is 0.986. The normalized spacial score (nSPS) is 23.1. The molecule has 4 rings (SSSR count). The predicted molar refractivity (Wildman–Crippen MR) is 97.6 cm³/mol. The molecule has 0 radical (unpaired) electrons. The van der Waals surface area contributed by atoms with Crippen LogP contribution in [0.15, 0.2) is 12.1 Å². The van der Waals surface area contributed by atoms with E-state index in [1.807, 2.05) is 0 Å². The maximum atomic E-state index is 14.6. The Morgan fingerprint density at radius 3 is 2.39 bits per heavy atom. The second-order valence-electron chi connectivity index (χ2n) is 8.00. The number of amides is 3. The number of piperidine rings is 1. The highest BCUT2D eigenvalue weighted by Gasteiger charge is 2.34. The lowest BCUT2D eigenvalue weighted by Gasteiger charge is -2.41. The van der Waals surface area contributed by atoms with E-state index in [1.165, 1.54) is 18.6 Å². The molecule has 28 heavy (non-hydrogen) atoms. The molecule has 2 N–H and O–H groups in total. The molecule has 1 aromatic carbocycles. The highest BCUT2D eigenvalue weighted by atomic mass is 19.1. The van der Waals surface area contributed by atoms with E-state index in [-0.39, 0.29) is 30.4 Å². The van der Waals surface area contributed by atoms with Gasteiger partial charge in [-0.3, -0.25) is 19.7 Å². The summed E-state index contributed by atoms with van der Waals surface area (Å²) in [5, 5.41) is 5.09. The molecule has 3 fully saturated rings. The number of carbonyl (C=O) groups is 3. The first kappa shape index (κ1) is 18.8. The Balaban J connectivity index is 1.37. The summed E-state index contributed by atoms with van der Waals surface area (Å²) in [7, 11) is 0. The molecule has 2 aliphatic heterocycles. The van der Waals surface area contributed by atoms with Crippen molar-refractivity contribution in [2.45, 2.75) is 50.5 Å². The third-order valence-corrected chi connectivity index (χ3v) is 5.96. The van der Waals surface area contributed by atoms with Crippen molar-refractivity contribution in [1.82, 2.24) is 10.6 Å². The van der Waals surface area contributed by atoms with Crippen molar-refractivity contribution >= 4 is 23.4 Å². The second-order valence-corrected chi connectivity index (χ2v) is 8.00. The second kappa shape index (κ2) is 7.48. The van der Waals surface area contributed by atoms with Crippen LogP contribution in [-0.2, 0) is 14.4 Å². The first-order valence-electron chi connectivity index (χ1n) is 9.77. The highest BCUT2D eigenvalue weighted by Crippen LogP contribution is 2.33. The van der Waals surface area contributed by atoms with E-state index in [1.54, 1.807) is 4.90 Å². The van der Waals surface area contributed by atoms with Gasteiger partial charge in [-0.1, -0.05) is 6.42 Å². The fraction of sp³-hybridized carbons (Fsp3) is 0.550. The van der Waals surface area contributed by atoms with Crippen molar-refractivity contribution < 1.29 is 23.2 Å². The zero-order valence-electron chi connectivity index (χ0n) is 15.5. The van der Waals surface area contributed by atoms with Gasteiger partial charge >= 0.3 is 0 Å². The number of carbonyl (C=O) groups excluding carboxylic acids is 3. The number of hydrogen-bond donors (Lipinski definition) is 2. The lowest BCUT2D eigenvalue weighted by Crippen LogP contribution is -2.59. The highest BCUT2D eigenvalue weighted by molar-refractivity contribution is 6.01. The molecule has 0 aromatic heterocycles. The lowest BCUT2D eigenvalue weighted by molar-refractivity contribution is -0.134. The quantitative estimate of drug-likeness (QED) is 0.753. The van der Waals surface area contributed by atoms with Crippen LogP contribution < -0.4 is 15.5 Å².